The van der Waals surface area contributed by atoms with Crippen LogP contribution in [-0.4, -0.2) is 9.97 Å². The summed E-state index contributed by atoms with van der Waals surface area (Å²) < 4.78 is 0. The van der Waals surface area contributed by atoms with E-state index in [9.17, 15) is 0 Å². The predicted molar refractivity (Wildman–Crippen MR) is 117 cm³/mol. The van der Waals surface area contributed by atoms with Gasteiger partial charge in [-0.1, -0.05) is 48.2 Å². The molecule has 0 spiro atoms. The van der Waals surface area contributed by atoms with Gasteiger partial charge in [0.15, 0.2) is 0 Å². The Labute approximate surface area is 170 Å². The molecule has 3 aromatic carbocycles. The summed E-state index contributed by atoms with van der Waals surface area (Å²) in [6.45, 7) is 6.26. The minimum atomic E-state index is 0.237. The first-order valence-electron chi connectivity index (χ1n) is 9.10. The molecule has 4 nitrogen and oxygen atoms in total. The summed E-state index contributed by atoms with van der Waals surface area (Å²) in [5.41, 5.74) is 10.8. The second-order valence-electron chi connectivity index (χ2n) is 6.36. The first-order chi connectivity index (χ1) is 14.2. The van der Waals surface area contributed by atoms with Crippen molar-refractivity contribution in [3.05, 3.63) is 115 Å². The Morgan fingerprint density at radius 2 is 1.28 bits per heavy atom. The van der Waals surface area contributed by atoms with Crippen LogP contribution in [0, 0.1) is 18.8 Å². The maximum atomic E-state index is 6.26. The van der Waals surface area contributed by atoms with Crippen LogP contribution in [0.25, 0.3) is 0 Å². The van der Waals surface area contributed by atoms with Gasteiger partial charge in [0.1, 0.15) is 0 Å². The highest BCUT2D eigenvalue weighted by Gasteiger charge is 2.13. The molecule has 4 heteroatoms. The highest BCUT2D eigenvalue weighted by molar-refractivity contribution is 5.78. The third kappa shape index (κ3) is 4.26. The molecule has 1 aromatic heterocycles. The lowest BCUT2D eigenvalue weighted by Gasteiger charge is -2.26. The van der Waals surface area contributed by atoms with Crippen LogP contribution in [0.2, 0.25) is 0 Å². The predicted octanol–water partition coefficient (Wildman–Crippen LogP) is 4.99. The average Bonchev–Trinajstić information content (AvgIpc) is 2.77. The highest BCUT2D eigenvalue weighted by atomic mass is 15.1. The molecule has 29 heavy (non-hydrogen) atoms. The van der Waals surface area contributed by atoms with Gasteiger partial charge in [-0.2, -0.15) is 0 Å². The molecule has 0 amide bonds. The number of aromatic nitrogens is 2. The van der Waals surface area contributed by atoms with Crippen LogP contribution >= 0.6 is 0 Å². The molecule has 4 aromatic rings. The number of rotatable bonds is 3. The second-order valence-corrected chi connectivity index (χ2v) is 6.36. The number of benzene rings is 3. The molecule has 2 radical (unpaired) electrons. The van der Waals surface area contributed by atoms with Gasteiger partial charge in [0, 0.05) is 41.9 Å². The summed E-state index contributed by atoms with van der Waals surface area (Å²) in [4.78, 5) is 10.0. The van der Waals surface area contributed by atoms with Crippen molar-refractivity contribution < 1.29 is 0 Å². The number of nitrogen functional groups attached to an aromatic ring is 1. The van der Waals surface area contributed by atoms with E-state index >= 15 is 0 Å². The molecule has 138 valence electrons. The number of hydrogen-bond donors (Lipinski definition) is 1. The highest BCUT2D eigenvalue weighted by Crippen LogP contribution is 2.36. The van der Waals surface area contributed by atoms with Crippen molar-refractivity contribution >= 4 is 23.0 Å². The molecule has 1 heterocycles. The van der Waals surface area contributed by atoms with E-state index in [1.54, 1.807) is 12.4 Å². The molecule has 0 atom stereocenters. The van der Waals surface area contributed by atoms with Crippen molar-refractivity contribution in [1.29, 1.82) is 0 Å². The van der Waals surface area contributed by atoms with Crippen LogP contribution < -0.4 is 10.6 Å². The van der Waals surface area contributed by atoms with Gasteiger partial charge in [0.05, 0.1) is 5.56 Å². The Kier molecular flexibility index (Phi) is 5.22. The number of nitrogens with two attached hydrogens (primary N) is 1. The van der Waals surface area contributed by atoms with Crippen LogP contribution in [-0.2, 0) is 0 Å². The molecule has 0 saturated carbocycles. The van der Waals surface area contributed by atoms with E-state index in [4.69, 9.17) is 12.7 Å². The smallest absolute Gasteiger partial charge is 0.219 e. The molecule has 4 rings (SSSR count). The Morgan fingerprint density at radius 3 is 1.97 bits per heavy atom. The van der Waals surface area contributed by atoms with Crippen molar-refractivity contribution in [2.75, 3.05) is 10.6 Å². The summed E-state index contributed by atoms with van der Waals surface area (Å²) in [6.07, 6.45) is 3.22. The minimum Gasteiger partial charge on any atom is -0.368 e. The zero-order valence-electron chi connectivity index (χ0n) is 15.7. The fourth-order valence-electron chi connectivity index (χ4n) is 2.94. The lowest BCUT2D eigenvalue weighted by molar-refractivity contribution is 1.17. The number of hydrogen-bond acceptors (Lipinski definition) is 4. The summed E-state index contributed by atoms with van der Waals surface area (Å²) in [5.74, 6) is 6.41. The SMILES string of the molecule is [CH]c1ccccc1N(c1ccccc1)c1ccc(C#Cc2cnc(N)nc2)cc1. The zero-order valence-corrected chi connectivity index (χ0v) is 15.7. The lowest BCUT2D eigenvalue weighted by atomic mass is 10.1. The van der Waals surface area contributed by atoms with Crippen LogP contribution in [0.5, 0.6) is 0 Å². The Bertz CT molecular complexity index is 1160. The standard InChI is InChI=1S/C25H18N4/c1-19-7-5-6-10-24(19)29(22-8-3-2-4-9-22)23-15-13-20(14-16-23)11-12-21-17-27-25(26)28-18-21/h1-10,13-18H,(H2,26,27,28). The third-order valence-electron chi connectivity index (χ3n) is 4.34. The fraction of sp³-hybridized carbons (Fsp3) is 0. The summed E-state index contributed by atoms with van der Waals surface area (Å²) in [7, 11) is 0. The van der Waals surface area contributed by atoms with Crippen LogP contribution in [0.4, 0.5) is 23.0 Å². The molecule has 0 fully saturated rings. The molecule has 0 aliphatic carbocycles. The Hall–Kier alpha value is -4.10. The van der Waals surface area contributed by atoms with Gasteiger partial charge in [-0.25, -0.2) is 9.97 Å². The number of anilines is 4. The van der Waals surface area contributed by atoms with E-state index < -0.39 is 0 Å². The van der Waals surface area contributed by atoms with Crippen LogP contribution in [0.3, 0.4) is 0 Å². The average molecular weight is 374 g/mol. The first-order valence-corrected chi connectivity index (χ1v) is 9.10. The van der Waals surface area contributed by atoms with Gasteiger partial charge in [-0.15, -0.1) is 0 Å². The van der Waals surface area contributed by atoms with E-state index in [-0.39, 0.29) is 5.95 Å². The van der Waals surface area contributed by atoms with Gasteiger partial charge in [0.2, 0.25) is 5.95 Å². The van der Waals surface area contributed by atoms with E-state index in [1.165, 1.54) is 0 Å². The van der Waals surface area contributed by atoms with Crippen molar-refractivity contribution in [2.24, 2.45) is 0 Å². The van der Waals surface area contributed by atoms with E-state index in [0.717, 1.165) is 22.6 Å². The topological polar surface area (TPSA) is 55.0 Å². The lowest BCUT2D eigenvalue weighted by Crippen LogP contribution is -2.11. The van der Waals surface area contributed by atoms with Crippen molar-refractivity contribution in [1.82, 2.24) is 9.97 Å². The van der Waals surface area contributed by atoms with Crippen molar-refractivity contribution in [2.45, 2.75) is 0 Å². The quantitative estimate of drug-likeness (QED) is 0.514. The Morgan fingerprint density at radius 1 is 0.690 bits per heavy atom. The number of para-hydroxylation sites is 2. The van der Waals surface area contributed by atoms with Gasteiger partial charge >= 0.3 is 0 Å². The van der Waals surface area contributed by atoms with Crippen LogP contribution in [0.15, 0.2) is 91.3 Å². The normalized spacial score (nSPS) is 10.1. The van der Waals surface area contributed by atoms with Gasteiger partial charge in [-0.05, 0) is 48.0 Å². The molecule has 0 bridgehead atoms. The molecule has 0 saturated heterocycles. The molecule has 0 aliphatic heterocycles. The zero-order chi connectivity index (χ0) is 20.1. The van der Waals surface area contributed by atoms with Crippen molar-refractivity contribution in [3.8, 4) is 11.8 Å². The maximum Gasteiger partial charge on any atom is 0.219 e. The van der Waals surface area contributed by atoms with E-state index in [0.29, 0.717) is 11.1 Å². The third-order valence-corrected chi connectivity index (χ3v) is 4.34. The molecular weight excluding hydrogens is 356 g/mol. The maximum absolute atomic E-state index is 6.26. The molecule has 2 N–H and O–H groups in total. The molecule has 0 aliphatic rings. The van der Waals surface area contributed by atoms with Gasteiger partial charge < -0.3 is 10.6 Å². The summed E-state index contributed by atoms with van der Waals surface area (Å²) in [6, 6.07) is 26.0. The summed E-state index contributed by atoms with van der Waals surface area (Å²) >= 11 is 0. The Balaban J connectivity index is 1.68. The monoisotopic (exact) mass is 374 g/mol. The van der Waals surface area contributed by atoms with Crippen LogP contribution in [0.1, 0.15) is 16.7 Å². The fourth-order valence-corrected chi connectivity index (χ4v) is 2.94. The van der Waals surface area contributed by atoms with E-state index in [2.05, 4.69) is 38.8 Å². The summed E-state index contributed by atoms with van der Waals surface area (Å²) in [5, 5.41) is 0. The van der Waals surface area contributed by atoms with Crippen molar-refractivity contribution in [3.63, 3.8) is 0 Å². The molecular formula is C25H18N4. The largest absolute Gasteiger partial charge is 0.368 e. The van der Waals surface area contributed by atoms with E-state index in [1.807, 2.05) is 66.7 Å². The number of nitrogens with zero attached hydrogens (tertiary/aromatic N) is 3. The minimum absolute atomic E-state index is 0.237. The molecule has 0 unspecified atom stereocenters. The first kappa shape index (κ1) is 18.3. The van der Waals surface area contributed by atoms with Gasteiger partial charge in [-0.3, -0.25) is 0 Å². The second kappa shape index (κ2) is 8.28. The van der Waals surface area contributed by atoms with Gasteiger partial charge in [0.25, 0.3) is 0 Å².